The molecule has 0 aromatic rings. The molecule has 0 bridgehead atoms. The third-order valence-corrected chi connectivity index (χ3v) is 2.82. The van der Waals surface area contributed by atoms with Gasteiger partial charge in [-0.15, -0.1) is 0 Å². The van der Waals surface area contributed by atoms with Crippen LogP contribution in [-0.2, 0) is 4.79 Å². The molecule has 2 nitrogen and oxygen atoms in total. The van der Waals surface area contributed by atoms with Crippen molar-refractivity contribution in [1.29, 1.82) is 0 Å². The van der Waals surface area contributed by atoms with Gasteiger partial charge in [-0.05, 0) is 38.0 Å². The molecule has 0 spiro atoms. The largest absolute Gasteiger partial charge is 0.369 e. The van der Waals surface area contributed by atoms with Gasteiger partial charge in [-0.3, -0.25) is 4.79 Å². The van der Waals surface area contributed by atoms with Crippen molar-refractivity contribution in [1.82, 2.24) is 0 Å². The van der Waals surface area contributed by atoms with Gasteiger partial charge < -0.3 is 5.73 Å². The van der Waals surface area contributed by atoms with E-state index in [4.69, 9.17) is 5.73 Å². The molecule has 1 aliphatic carbocycles. The molecule has 13 heavy (non-hydrogen) atoms. The summed E-state index contributed by atoms with van der Waals surface area (Å²) in [6.45, 7) is 2.14. The normalized spacial score (nSPS) is 29.3. The van der Waals surface area contributed by atoms with Crippen molar-refractivity contribution >= 4 is 5.91 Å². The summed E-state index contributed by atoms with van der Waals surface area (Å²) in [5.41, 5.74) is 5.26. The van der Waals surface area contributed by atoms with Gasteiger partial charge in [0.1, 0.15) is 0 Å². The summed E-state index contributed by atoms with van der Waals surface area (Å²) in [6, 6.07) is 0. The first-order valence-corrected chi connectivity index (χ1v) is 5.20. The lowest BCUT2D eigenvalue weighted by Crippen LogP contribution is -2.27. The number of hydrogen-bond donors (Lipinski definition) is 1. The highest BCUT2D eigenvalue weighted by atomic mass is 16.1. The van der Waals surface area contributed by atoms with E-state index in [1.165, 1.54) is 0 Å². The van der Waals surface area contributed by atoms with Crippen LogP contribution in [0.5, 0.6) is 0 Å². The molecule has 2 heteroatoms. The fraction of sp³-hybridized carbons (Fsp3) is 0.727. The highest BCUT2D eigenvalue weighted by molar-refractivity contribution is 5.76. The first kappa shape index (κ1) is 10.3. The molecule has 2 N–H and O–H groups in total. The summed E-state index contributed by atoms with van der Waals surface area (Å²) in [5, 5.41) is 0. The maximum atomic E-state index is 10.9. The van der Waals surface area contributed by atoms with Crippen molar-refractivity contribution in [3.8, 4) is 0 Å². The highest BCUT2D eigenvalue weighted by Gasteiger charge is 2.22. The van der Waals surface area contributed by atoms with E-state index in [0.717, 1.165) is 32.1 Å². The average molecular weight is 181 g/mol. The van der Waals surface area contributed by atoms with Gasteiger partial charge in [0.15, 0.2) is 0 Å². The third-order valence-electron chi connectivity index (χ3n) is 2.82. The van der Waals surface area contributed by atoms with E-state index in [1.807, 2.05) is 0 Å². The quantitative estimate of drug-likeness (QED) is 0.667. The number of primary amides is 1. The first-order valence-electron chi connectivity index (χ1n) is 5.20. The summed E-state index contributed by atoms with van der Waals surface area (Å²) in [7, 11) is 0. The Balaban J connectivity index is 2.30. The molecule has 0 heterocycles. The van der Waals surface area contributed by atoms with Crippen LogP contribution in [0, 0.1) is 11.8 Å². The number of carbonyl (C=O) groups excluding carboxylic acids is 1. The molecule has 0 aromatic heterocycles. The summed E-state index contributed by atoms with van der Waals surface area (Å²) in [6.07, 6.45) is 9.83. The molecule has 1 fully saturated rings. The Morgan fingerprint density at radius 2 is 2.00 bits per heavy atom. The maximum absolute atomic E-state index is 10.9. The van der Waals surface area contributed by atoms with Crippen LogP contribution >= 0.6 is 0 Å². The van der Waals surface area contributed by atoms with Gasteiger partial charge in [0.25, 0.3) is 0 Å². The standard InChI is InChI=1S/C11H19NO/c1-2-3-4-9-5-7-10(8-6-9)11(12)13/h3-4,9-10H,2,5-8H2,1H3,(H2,12,13)/b4-3+/t9-,10+. The summed E-state index contributed by atoms with van der Waals surface area (Å²) in [4.78, 5) is 10.9. The fourth-order valence-electron chi connectivity index (χ4n) is 1.92. The van der Waals surface area contributed by atoms with Crippen LogP contribution in [0.2, 0.25) is 0 Å². The third kappa shape index (κ3) is 3.21. The lowest BCUT2D eigenvalue weighted by atomic mass is 9.81. The molecule has 0 aromatic carbocycles. The Kier molecular flexibility index (Phi) is 4.00. The predicted molar refractivity (Wildman–Crippen MR) is 54.1 cm³/mol. The van der Waals surface area contributed by atoms with Crippen LogP contribution in [0.3, 0.4) is 0 Å². The Morgan fingerprint density at radius 3 is 2.46 bits per heavy atom. The first-order chi connectivity index (χ1) is 6.24. The van der Waals surface area contributed by atoms with E-state index in [1.54, 1.807) is 0 Å². The zero-order valence-electron chi connectivity index (χ0n) is 8.33. The van der Waals surface area contributed by atoms with Crippen LogP contribution in [0.15, 0.2) is 12.2 Å². The highest BCUT2D eigenvalue weighted by Crippen LogP contribution is 2.29. The minimum atomic E-state index is -0.113. The topological polar surface area (TPSA) is 43.1 Å². The van der Waals surface area contributed by atoms with E-state index in [0.29, 0.717) is 5.92 Å². The number of hydrogen-bond acceptors (Lipinski definition) is 1. The SMILES string of the molecule is CC/C=C/[C@H]1CC[C@@H](C(N)=O)CC1. The molecule has 0 atom stereocenters. The molecule has 0 saturated heterocycles. The molecule has 74 valence electrons. The molecule has 1 rings (SSSR count). The van der Waals surface area contributed by atoms with Gasteiger partial charge in [0, 0.05) is 5.92 Å². The monoisotopic (exact) mass is 181 g/mol. The zero-order valence-corrected chi connectivity index (χ0v) is 8.33. The van der Waals surface area contributed by atoms with Gasteiger partial charge in [-0.2, -0.15) is 0 Å². The molecule has 1 aliphatic rings. The van der Waals surface area contributed by atoms with Crippen molar-refractivity contribution in [2.75, 3.05) is 0 Å². The second-order valence-electron chi connectivity index (χ2n) is 3.85. The minimum absolute atomic E-state index is 0.113. The lowest BCUT2D eigenvalue weighted by Gasteiger charge is -2.24. The van der Waals surface area contributed by atoms with Gasteiger partial charge in [0.05, 0.1) is 0 Å². The molecule has 0 radical (unpaired) electrons. The molecule has 1 amide bonds. The van der Waals surface area contributed by atoms with E-state index in [2.05, 4.69) is 19.1 Å². The lowest BCUT2D eigenvalue weighted by molar-refractivity contribution is -0.122. The minimum Gasteiger partial charge on any atom is -0.369 e. The molecular weight excluding hydrogens is 162 g/mol. The van der Waals surface area contributed by atoms with Gasteiger partial charge >= 0.3 is 0 Å². The number of rotatable bonds is 3. The molecular formula is C11H19NO. The Hall–Kier alpha value is -0.790. The summed E-state index contributed by atoms with van der Waals surface area (Å²) in [5.74, 6) is 0.722. The smallest absolute Gasteiger partial charge is 0.220 e. The number of nitrogens with two attached hydrogens (primary N) is 1. The summed E-state index contributed by atoms with van der Waals surface area (Å²) >= 11 is 0. The van der Waals surface area contributed by atoms with Gasteiger partial charge in [-0.1, -0.05) is 19.1 Å². The molecule has 0 unspecified atom stereocenters. The zero-order chi connectivity index (χ0) is 9.68. The van der Waals surface area contributed by atoms with Crippen molar-refractivity contribution in [3.63, 3.8) is 0 Å². The molecule has 1 saturated carbocycles. The predicted octanol–water partition coefficient (Wildman–Crippen LogP) is 2.24. The van der Waals surface area contributed by atoms with E-state index >= 15 is 0 Å². The number of amides is 1. The second-order valence-corrected chi connectivity index (χ2v) is 3.85. The van der Waals surface area contributed by atoms with E-state index < -0.39 is 0 Å². The Labute approximate surface area is 80.2 Å². The van der Waals surface area contributed by atoms with Crippen molar-refractivity contribution in [3.05, 3.63) is 12.2 Å². The fourth-order valence-corrected chi connectivity index (χ4v) is 1.92. The van der Waals surface area contributed by atoms with Crippen LogP contribution in [-0.4, -0.2) is 5.91 Å². The van der Waals surface area contributed by atoms with Crippen molar-refractivity contribution in [2.24, 2.45) is 17.6 Å². The molecule has 0 aliphatic heterocycles. The van der Waals surface area contributed by atoms with Crippen molar-refractivity contribution in [2.45, 2.75) is 39.0 Å². The van der Waals surface area contributed by atoms with Crippen LogP contribution in [0.1, 0.15) is 39.0 Å². The number of carbonyl (C=O) groups is 1. The second kappa shape index (κ2) is 5.05. The van der Waals surface area contributed by atoms with Crippen molar-refractivity contribution < 1.29 is 4.79 Å². The van der Waals surface area contributed by atoms with Crippen LogP contribution < -0.4 is 5.73 Å². The maximum Gasteiger partial charge on any atom is 0.220 e. The van der Waals surface area contributed by atoms with E-state index in [-0.39, 0.29) is 11.8 Å². The van der Waals surface area contributed by atoms with Crippen LogP contribution in [0.4, 0.5) is 0 Å². The average Bonchev–Trinajstić information content (AvgIpc) is 2.15. The number of allylic oxidation sites excluding steroid dienone is 2. The Morgan fingerprint density at radius 1 is 1.38 bits per heavy atom. The van der Waals surface area contributed by atoms with Gasteiger partial charge in [-0.25, -0.2) is 0 Å². The Bertz CT molecular complexity index is 190. The van der Waals surface area contributed by atoms with E-state index in [9.17, 15) is 4.79 Å². The summed E-state index contributed by atoms with van der Waals surface area (Å²) < 4.78 is 0. The van der Waals surface area contributed by atoms with Crippen LogP contribution in [0.25, 0.3) is 0 Å². The van der Waals surface area contributed by atoms with Gasteiger partial charge in [0.2, 0.25) is 5.91 Å².